The van der Waals surface area contributed by atoms with Crippen molar-refractivity contribution in [1.29, 1.82) is 0 Å². The highest BCUT2D eigenvalue weighted by molar-refractivity contribution is 5.45. The van der Waals surface area contributed by atoms with E-state index in [-0.39, 0.29) is 6.04 Å². The van der Waals surface area contributed by atoms with Crippen molar-refractivity contribution in [2.24, 2.45) is 5.73 Å². The minimum atomic E-state index is 0.0398. The first kappa shape index (κ1) is 8.01. The number of nitrogens with two attached hydrogens (primary N) is 2. The van der Waals surface area contributed by atoms with Gasteiger partial charge in [0.25, 0.3) is 0 Å². The van der Waals surface area contributed by atoms with Gasteiger partial charge in [-0.2, -0.15) is 0 Å². The number of hydrogen-bond acceptors (Lipinski definition) is 3. The third-order valence-corrected chi connectivity index (χ3v) is 1.73. The lowest BCUT2D eigenvalue weighted by atomic mass is 10.1. The van der Waals surface area contributed by atoms with Crippen molar-refractivity contribution in [3.63, 3.8) is 0 Å². The molecule has 3 nitrogen and oxygen atoms in total. The summed E-state index contributed by atoms with van der Waals surface area (Å²) in [5, 5.41) is 0. The zero-order valence-corrected chi connectivity index (χ0v) is 6.62. The Morgan fingerprint density at radius 3 is 2.91 bits per heavy atom. The van der Waals surface area contributed by atoms with Crippen molar-refractivity contribution in [2.45, 2.75) is 19.4 Å². The van der Waals surface area contributed by atoms with Crippen LogP contribution in [-0.2, 0) is 0 Å². The van der Waals surface area contributed by atoms with Gasteiger partial charge < -0.3 is 11.5 Å². The fourth-order valence-electron chi connectivity index (χ4n) is 0.975. The minimum Gasteiger partial charge on any atom is -0.397 e. The van der Waals surface area contributed by atoms with Crippen LogP contribution in [0.25, 0.3) is 0 Å². The highest BCUT2D eigenvalue weighted by Gasteiger charge is 2.05. The molecule has 11 heavy (non-hydrogen) atoms. The van der Waals surface area contributed by atoms with Gasteiger partial charge in [0.1, 0.15) is 0 Å². The average Bonchev–Trinajstić information content (AvgIpc) is 2.04. The summed E-state index contributed by atoms with van der Waals surface area (Å²) in [5.41, 5.74) is 13.1. The molecular formula is C8H13N3. The molecular weight excluding hydrogens is 138 g/mol. The molecule has 1 aromatic heterocycles. The first-order valence-electron chi connectivity index (χ1n) is 3.70. The highest BCUT2D eigenvalue weighted by atomic mass is 14.7. The van der Waals surface area contributed by atoms with E-state index in [0.717, 1.165) is 12.0 Å². The lowest BCUT2D eigenvalue weighted by Crippen LogP contribution is -2.11. The van der Waals surface area contributed by atoms with Crippen LogP contribution in [-0.4, -0.2) is 4.98 Å². The van der Waals surface area contributed by atoms with Gasteiger partial charge in [-0.15, -0.1) is 0 Å². The smallest absolute Gasteiger partial charge is 0.0549 e. The summed E-state index contributed by atoms with van der Waals surface area (Å²) >= 11 is 0. The molecule has 0 saturated carbocycles. The molecule has 0 aromatic carbocycles. The Labute approximate surface area is 66.4 Å². The fourth-order valence-corrected chi connectivity index (χ4v) is 0.975. The molecule has 4 N–H and O–H groups in total. The van der Waals surface area contributed by atoms with Gasteiger partial charge in [0.15, 0.2) is 0 Å². The monoisotopic (exact) mass is 151 g/mol. The number of anilines is 1. The van der Waals surface area contributed by atoms with E-state index in [2.05, 4.69) is 4.98 Å². The van der Waals surface area contributed by atoms with Crippen LogP contribution < -0.4 is 11.5 Å². The molecule has 1 heterocycles. The Balaban J connectivity index is 2.93. The van der Waals surface area contributed by atoms with E-state index in [1.165, 1.54) is 0 Å². The average molecular weight is 151 g/mol. The van der Waals surface area contributed by atoms with Crippen LogP contribution in [0.2, 0.25) is 0 Å². The maximum absolute atomic E-state index is 5.79. The summed E-state index contributed by atoms with van der Waals surface area (Å²) < 4.78 is 0. The molecule has 0 radical (unpaired) electrons. The predicted molar refractivity (Wildman–Crippen MR) is 45.9 cm³/mol. The van der Waals surface area contributed by atoms with Crippen molar-refractivity contribution in [1.82, 2.24) is 4.98 Å². The van der Waals surface area contributed by atoms with Gasteiger partial charge in [-0.1, -0.05) is 6.92 Å². The zero-order valence-electron chi connectivity index (χ0n) is 6.62. The second kappa shape index (κ2) is 3.34. The molecule has 0 fully saturated rings. The Bertz CT molecular complexity index is 235. The Kier molecular flexibility index (Phi) is 2.44. The molecule has 0 spiro atoms. The zero-order chi connectivity index (χ0) is 8.27. The van der Waals surface area contributed by atoms with Crippen LogP contribution >= 0.6 is 0 Å². The van der Waals surface area contributed by atoms with Crippen molar-refractivity contribution < 1.29 is 0 Å². The quantitative estimate of drug-likeness (QED) is 0.664. The van der Waals surface area contributed by atoms with Crippen LogP contribution in [0.1, 0.15) is 24.9 Å². The third-order valence-electron chi connectivity index (χ3n) is 1.73. The molecule has 0 bridgehead atoms. The molecule has 1 rings (SSSR count). The van der Waals surface area contributed by atoms with Gasteiger partial charge in [-0.25, -0.2) is 0 Å². The fraction of sp³-hybridized carbons (Fsp3) is 0.375. The Morgan fingerprint density at radius 1 is 1.64 bits per heavy atom. The van der Waals surface area contributed by atoms with E-state index >= 15 is 0 Å². The van der Waals surface area contributed by atoms with E-state index in [1.807, 2.05) is 13.0 Å². The number of nitrogens with zero attached hydrogens (tertiary/aromatic N) is 1. The number of aromatic nitrogens is 1. The first-order chi connectivity index (χ1) is 5.25. The maximum atomic E-state index is 5.79. The van der Waals surface area contributed by atoms with Crippen molar-refractivity contribution >= 4 is 5.69 Å². The Hall–Kier alpha value is -1.09. The second-order valence-corrected chi connectivity index (χ2v) is 2.52. The van der Waals surface area contributed by atoms with Gasteiger partial charge >= 0.3 is 0 Å². The second-order valence-electron chi connectivity index (χ2n) is 2.52. The summed E-state index contributed by atoms with van der Waals surface area (Å²) in [6.45, 7) is 2.03. The van der Waals surface area contributed by atoms with Crippen LogP contribution in [0.3, 0.4) is 0 Å². The van der Waals surface area contributed by atoms with Crippen LogP contribution in [0.4, 0.5) is 5.69 Å². The van der Waals surface area contributed by atoms with E-state index in [4.69, 9.17) is 11.5 Å². The van der Waals surface area contributed by atoms with Gasteiger partial charge in [0, 0.05) is 12.2 Å². The lowest BCUT2D eigenvalue weighted by Gasteiger charge is -2.10. The largest absolute Gasteiger partial charge is 0.397 e. The van der Waals surface area contributed by atoms with E-state index < -0.39 is 0 Å². The summed E-state index contributed by atoms with van der Waals surface area (Å²) in [6, 6.07) is 1.90. The minimum absolute atomic E-state index is 0.0398. The standard InChI is InChI=1S/C8H13N3/c1-2-7(9)6-3-4-11-5-8(6)10/h3-5,7H,2,9-10H2,1H3/t7-/m1/s1. The molecule has 0 aliphatic heterocycles. The molecule has 3 heteroatoms. The number of pyridine rings is 1. The number of hydrogen-bond donors (Lipinski definition) is 2. The van der Waals surface area contributed by atoms with Gasteiger partial charge in [-0.3, -0.25) is 4.98 Å². The topological polar surface area (TPSA) is 64.9 Å². The van der Waals surface area contributed by atoms with Crippen molar-refractivity contribution in [2.75, 3.05) is 5.73 Å². The summed E-state index contributed by atoms with van der Waals surface area (Å²) in [7, 11) is 0. The van der Waals surface area contributed by atoms with E-state index in [1.54, 1.807) is 12.4 Å². The van der Waals surface area contributed by atoms with Crippen molar-refractivity contribution in [3.8, 4) is 0 Å². The van der Waals surface area contributed by atoms with Crippen LogP contribution in [0.15, 0.2) is 18.5 Å². The number of rotatable bonds is 2. The molecule has 0 unspecified atom stereocenters. The normalized spacial score (nSPS) is 12.9. The van der Waals surface area contributed by atoms with Crippen LogP contribution in [0.5, 0.6) is 0 Å². The predicted octanol–water partition coefficient (Wildman–Crippen LogP) is 1.07. The maximum Gasteiger partial charge on any atom is 0.0549 e. The van der Waals surface area contributed by atoms with E-state index in [9.17, 15) is 0 Å². The molecule has 0 aliphatic carbocycles. The van der Waals surface area contributed by atoms with E-state index in [0.29, 0.717) is 5.69 Å². The third kappa shape index (κ3) is 1.68. The lowest BCUT2D eigenvalue weighted by molar-refractivity contribution is 0.700. The Morgan fingerprint density at radius 2 is 2.36 bits per heavy atom. The summed E-state index contributed by atoms with van der Waals surface area (Å²) in [6.07, 6.45) is 4.24. The summed E-state index contributed by atoms with van der Waals surface area (Å²) in [4.78, 5) is 3.88. The molecule has 0 saturated heterocycles. The van der Waals surface area contributed by atoms with Crippen LogP contribution in [0, 0.1) is 0 Å². The summed E-state index contributed by atoms with van der Waals surface area (Å²) in [5.74, 6) is 0. The van der Waals surface area contributed by atoms with Gasteiger partial charge in [0.05, 0.1) is 11.9 Å². The first-order valence-corrected chi connectivity index (χ1v) is 3.70. The molecule has 0 aliphatic rings. The van der Waals surface area contributed by atoms with Gasteiger partial charge in [-0.05, 0) is 18.1 Å². The highest BCUT2D eigenvalue weighted by Crippen LogP contribution is 2.18. The van der Waals surface area contributed by atoms with Gasteiger partial charge in [0.2, 0.25) is 0 Å². The molecule has 60 valence electrons. The molecule has 1 aromatic rings. The SMILES string of the molecule is CC[C@@H](N)c1ccncc1N. The number of nitrogen functional groups attached to an aromatic ring is 1. The molecule has 0 amide bonds. The molecule has 1 atom stereocenters. The van der Waals surface area contributed by atoms with Crippen molar-refractivity contribution in [3.05, 3.63) is 24.0 Å².